The molecule has 2 aromatic rings. The van der Waals surface area contributed by atoms with Crippen molar-refractivity contribution in [3.8, 4) is 17.2 Å². The van der Waals surface area contributed by atoms with E-state index in [4.69, 9.17) is 9.47 Å². The van der Waals surface area contributed by atoms with Crippen LogP contribution in [0.1, 0.15) is 18.9 Å². The Hall–Kier alpha value is -1.52. The number of benzene rings is 2. The van der Waals surface area contributed by atoms with Crippen LogP contribution in [0.3, 0.4) is 0 Å². The molecule has 0 aliphatic carbocycles. The summed E-state index contributed by atoms with van der Waals surface area (Å²) in [6.45, 7) is 3.94. The molecule has 0 aliphatic heterocycles. The minimum Gasteiger partial charge on any atom is -0.497 e. The van der Waals surface area contributed by atoms with Gasteiger partial charge in [0, 0.05) is 22.6 Å². The molecule has 21 heavy (non-hydrogen) atoms. The zero-order valence-corrected chi connectivity index (χ0v) is 13.9. The summed E-state index contributed by atoms with van der Waals surface area (Å²) in [6.07, 6.45) is 1.11. The Balaban J connectivity index is 2.18. The van der Waals surface area contributed by atoms with Crippen LogP contribution in [0.2, 0.25) is 0 Å². The molecule has 2 aromatic carbocycles. The van der Waals surface area contributed by atoms with Crippen molar-refractivity contribution >= 4 is 15.9 Å². The van der Waals surface area contributed by atoms with E-state index in [-0.39, 0.29) is 0 Å². The number of nitrogens with one attached hydrogen (secondary N) is 1. The fourth-order valence-electron chi connectivity index (χ4n) is 1.96. The molecular weight excluding hydrogens is 330 g/mol. The topological polar surface area (TPSA) is 30.5 Å². The Morgan fingerprint density at radius 1 is 1.10 bits per heavy atom. The van der Waals surface area contributed by atoms with Crippen molar-refractivity contribution in [3.05, 3.63) is 52.5 Å². The molecule has 3 nitrogen and oxygen atoms in total. The van der Waals surface area contributed by atoms with Gasteiger partial charge in [-0.1, -0.05) is 35.0 Å². The fourth-order valence-corrected chi connectivity index (χ4v) is 2.30. The van der Waals surface area contributed by atoms with E-state index in [0.29, 0.717) is 0 Å². The molecule has 0 heterocycles. The second kappa shape index (κ2) is 8.05. The second-order valence-electron chi connectivity index (χ2n) is 4.71. The molecule has 0 aliphatic rings. The predicted octanol–water partition coefficient (Wildman–Crippen LogP) is 4.75. The summed E-state index contributed by atoms with van der Waals surface area (Å²) in [5.74, 6) is 2.40. The van der Waals surface area contributed by atoms with E-state index in [1.165, 1.54) is 0 Å². The van der Waals surface area contributed by atoms with E-state index in [9.17, 15) is 0 Å². The van der Waals surface area contributed by atoms with Crippen LogP contribution in [-0.2, 0) is 6.54 Å². The Kier molecular flexibility index (Phi) is 6.08. The molecule has 0 bridgehead atoms. The summed E-state index contributed by atoms with van der Waals surface area (Å²) >= 11 is 3.49. The lowest BCUT2D eigenvalue weighted by atomic mass is 10.2. The highest BCUT2D eigenvalue weighted by Crippen LogP contribution is 2.30. The number of halogens is 1. The highest BCUT2D eigenvalue weighted by atomic mass is 79.9. The number of hydrogen-bond donors (Lipinski definition) is 1. The lowest BCUT2D eigenvalue weighted by Crippen LogP contribution is -2.14. The first-order valence-corrected chi connectivity index (χ1v) is 7.83. The van der Waals surface area contributed by atoms with E-state index in [1.54, 1.807) is 7.11 Å². The Morgan fingerprint density at radius 2 is 1.90 bits per heavy atom. The van der Waals surface area contributed by atoms with Gasteiger partial charge in [0.2, 0.25) is 0 Å². The molecule has 1 N–H and O–H groups in total. The van der Waals surface area contributed by atoms with E-state index < -0.39 is 0 Å². The molecule has 0 atom stereocenters. The maximum atomic E-state index is 6.01. The molecule has 0 spiro atoms. The van der Waals surface area contributed by atoms with Crippen molar-refractivity contribution in [2.75, 3.05) is 13.7 Å². The molecule has 0 fully saturated rings. The number of methoxy groups -OCH3 is 1. The molecule has 4 heteroatoms. The van der Waals surface area contributed by atoms with Gasteiger partial charge in [-0.3, -0.25) is 0 Å². The molecule has 112 valence electrons. The van der Waals surface area contributed by atoms with Gasteiger partial charge >= 0.3 is 0 Å². The largest absolute Gasteiger partial charge is 0.497 e. The second-order valence-corrected chi connectivity index (χ2v) is 5.63. The van der Waals surface area contributed by atoms with Crippen molar-refractivity contribution in [2.24, 2.45) is 0 Å². The van der Waals surface area contributed by atoms with Gasteiger partial charge in [-0.2, -0.15) is 0 Å². The first kappa shape index (κ1) is 15.9. The molecular formula is C17H20BrNO2. The summed E-state index contributed by atoms with van der Waals surface area (Å²) in [5, 5.41) is 3.40. The maximum absolute atomic E-state index is 6.01. The molecule has 0 amide bonds. The Morgan fingerprint density at radius 3 is 2.67 bits per heavy atom. The quantitative estimate of drug-likeness (QED) is 0.731. The van der Waals surface area contributed by atoms with Crippen molar-refractivity contribution in [1.82, 2.24) is 5.32 Å². The van der Waals surface area contributed by atoms with Crippen LogP contribution >= 0.6 is 15.9 Å². The van der Waals surface area contributed by atoms with Crippen molar-refractivity contribution in [1.29, 1.82) is 0 Å². The van der Waals surface area contributed by atoms with Crippen molar-refractivity contribution in [2.45, 2.75) is 19.9 Å². The van der Waals surface area contributed by atoms with Crippen molar-refractivity contribution < 1.29 is 9.47 Å². The van der Waals surface area contributed by atoms with Gasteiger partial charge in [0.15, 0.2) is 0 Å². The minimum absolute atomic E-state index is 0.768. The van der Waals surface area contributed by atoms with E-state index >= 15 is 0 Å². The zero-order chi connectivity index (χ0) is 15.1. The van der Waals surface area contributed by atoms with Crippen LogP contribution in [0.4, 0.5) is 0 Å². The van der Waals surface area contributed by atoms with E-state index in [0.717, 1.165) is 46.8 Å². The summed E-state index contributed by atoms with van der Waals surface area (Å²) in [7, 11) is 1.65. The zero-order valence-electron chi connectivity index (χ0n) is 12.4. The maximum Gasteiger partial charge on any atom is 0.133 e. The monoisotopic (exact) mass is 349 g/mol. The van der Waals surface area contributed by atoms with Crippen molar-refractivity contribution in [3.63, 3.8) is 0 Å². The lowest BCUT2D eigenvalue weighted by molar-refractivity contribution is 0.408. The van der Waals surface area contributed by atoms with Gasteiger partial charge in [-0.25, -0.2) is 0 Å². The summed E-state index contributed by atoms with van der Waals surface area (Å²) < 4.78 is 12.2. The highest BCUT2D eigenvalue weighted by molar-refractivity contribution is 9.10. The summed E-state index contributed by atoms with van der Waals surface area (Å²) in [4.78, 5) is 0. The highest BCUT2D eigenvalue weighted by Gasteiger charge is 2.07. The van der Waals surface area contributed by atoms with Gasteiger partial charge in [0.1, 0.15) is 17.2 Å². The van der Waals surface area contributed by atoms with Gasteiger partial charge in [0.25, 0.3) is 0 Å². The summed E-state index contributed by atoms with van der Waals surface area (Å²) in [6, 6.07) is 13.7. The third-order valence-electron chi connectivity index (χ3n) is 3.04. The first-order chi connectivity index (χ1) is 10.2. The molecule has 2 rings (SSSR count). The average molecular weight is 350 g/mol. The number of ether oxygens (including phenoxy) is 2. The predicted molar refractivity (Wildman–Crippen MR) is 89.2 cm³/mol. The van der Waals surface area contributed by atoms with Gasteiger partial charge in [0.05, 0.1) is 7.11 Å². The van der Waals surface area contributed by atoms with Crippen LogP contribution in [0, 0.1) is 0 Å². The van der Waals surface area contributed by atoms with E-state index in [2.05, 4.69) is 34.2 Å². The average Bonchev–Trinajstić information content (AvgIpc) is 2.50. The molecule has 0 aromatic heterocycles. The van der Waals surface area contributed by atoms with Crippen LogP contribution in [-0.4, -0.2) is 13.7 Å². The van der Waals surface area contributed by atoms with Gasteiger partial charge < -0.3 is 14.8 Å². The smallest absolute Gasteiger partial charge is 0.133 e. The normalized spacial score (nSPS) is 10.4. The number of rotatable bonds is 7. The standard InChI is InChI=1S/C17H20BrNO2/c1-3-9-19-12-13-7-8-14(18)10-17(13)21-16-6-4-5-15(11-16)20-2/h4-8,10-11,19H,3,9,12H2,1-2H3. The van der Waals surface area contributed by atoms with Gasteiger partial charge in [-0.05, 0) is 37.2 Å². The van der Waals surface area contributed by atoms with Gasteiger partial charge in [-0.15, -0.1) is 0 Å². The molecule has 0 radical (unpaired) electrons. The number of hydrogen-bond acceptors (Lipinski definition) is 3. The molecule has 0 unspecified atom stereocenters. The van der Waals surface area contributed by atoms with Crippen LogP contribution in [0.15, 0.2) is 46.9 Å². The van der Waals surface area contributed by atoms with E-state index in [1.807, 2.05) is 36.4 Å². The first-order valence-electron chi connectivity index (χ1n) is 7.04. The Labute approximate surface area is 134 Å². The summed E-state index contributed by atoms with van der Waals surface area (Å²) in [5.41, 5.74) is 1.13. The third kappa shape index (κ3) is 4.76. The van der Waals surface area contributed by atoms with Crippen LogP contribution < -0.4 is 14.8 Å². The minimum atomic E-state index is 0.768. The molecule has 0 saturated carbocycles. The lowest BCUT2D eigenvalue weighted by Gasteiger charge is -2.13. The fraction of sp³-hybridized carbons (Fsp3) is 0.294. The van der Waals surface area contributed by atoms with Crippen LogP contribution in [0.25, 0.3) is 0 Å². The Bertz CT molecular complexity index is 587. The van der Waals surface area contributed by atoms with Crippen LogP contribution in [0.5, 0.6) is 17.2 Å². The molecule has 0 saturated heterocycles. The SMILES string of the molecule is CCCNCc1ccc(Br)cc1Oc1cccc(OC)c1. The third-order valence-corrected chi connectivity index (χ3v) is 3.53.